The zero-order valence-corrected chi connectivity index (χ0v) is 17.6. The minimum absolute atomic E-state index is 0.0587. The number of aliphatic hydroxyl groups excluding tert-OH is 1. The van der Waals surface area contributed by atoms with E-state index >= 15 is 0 Å². The van der Waals surface area contributed by atoms with Crippen LogP contribution in [-0.4, -0.2) is 58.5 Å². The fourth-order valence-electron chi connectivity index (χ4n) is 4.32. The van der Waals surface area contributed by atoms with E-state index in [4.69, 9.17) is 0 Å². The fraction of sp³-hybridized carbons (Fsp3) is 0.600. The largest absolute Gasteiger partial charge is 0.385 e. The van der Waals surface area contributed by atoms with Gasteiger partial charge in [0.15, 0.2) is 0 Å². The molecule has 158 valence electrons. The van der Waals surface area contributed by atoms with Crippen LogP contribution in [0.25, 0.3) is 0 Å². The Balaban J connectivity index is 1.46. The molecule has 0 spiro atoms. The molecule has 0 aromatic carbocycles. The summed E-state index contributed by atoms with van der Waals surface area (Å²) in [6, 6.07) is 3.44. The molecular formula is C20H29N5O3S. The lowest BCUT2D eigenvalue weighted by atomic mass is 9.92. The van der Waals surface area contributed by atoms with Gasteiger partial charge in [0.1, 0.15) is 22.6 Å². The number of sulfonamides is 1. The van der Waals surface area contributed by atoms with Crippen LogP contribution in [0.3, 0.4) is 0 Å². The maximum atomic E-state index is 12.8. The van der Waals surface area contributed by atoms with Crippen LogP contribution in [0.15, 0.2) is 35.6 Å². The molecule has 8 nitrogen and oxygen atoms in total. The van der Waals surface area contributed by atoms with Crippen molar-refractivity contribution >= 4 is 15.8 Å². The van der Waals surface area contributed by atoms with E-state index in [2.05, 4.69) is 14.9 Å². The molecule has 2 aliphatic heterocycles. The molecule has 4 rings (SSSR count). The highest BCUT2D eigenvalue weighted by molar-refractivity contribution is 7.89. The van der Waals surface area contributed by atoms with Gasteiger partial charge in [-0.3, -0.25) is 0 Å². The molecule has 29 heavy (non-hydrogen) atoms. The predicted octanol–water partition coefficient (Wildman–Crippen LogP) is 1.94. The van der Waals surface area contributed by atoms with E-state index in [1.165, 1.54) is 6.20 Å². The van der Waals surface area contributed by atoms with Gasteiger partial charge in [0.05, 0.1) is 0 Å². The van der Waals surface area contributed by atoms with Crippen LogP contribution in [0.2, 0.25) is 0 Å². The molecular weight excluding hydrogens is 390 g/mol. The van der Waals surface area contributed by atoms with E-state index in [9.17, 15) is 13.5 Å². The smallest absolute Gasteiger partial charge is 0.244 e. The Kier molecular flexibility index (Phi) is 5.89. The lowest BCUT2D eigenvalue weighted by Crippen LogP contribution is -2.39. The second kappa shape index (κ2) is 8.41. The van der Waals surface area contributed by atoms with Crippen LogP contribution in [0.4, 0.5) is 5.82 Å². The molecule has 9 heteroatoms. The molecule has 0 aliphatic carbocycles. The number of hydrogen-bond donors (Lipinski definition) is 1. The Hall–Kier alpha value is -1.97. The summed E-state index contributed by atoms with van der Waals surface area (Å²) >= 11 is 0. The van der Waals surface area contributed by atoms with E-state index in [0.29, 0.717) is 25.5 Å². The quantitative estimate of drug-likeness (QED) is 0.796. The van der Waals surface area contributed by atoms with Gasteiger partial charge in [-0.1, -0.05) is 6.42 Å². The summed E-state index contributed by atoms with van der Waals surface area (Å²) < 4.78 is 29.0. The Morgan fingerprint density at radius 2 is 1.90 bits per heavy atom. The van der Waals surface area contributed by atoms with Crippen molar-refractivity contribution in [3.8, 4) is 0 Å². The molecule has 2 fully saturated rings. The fourth-order valence-corrected chi connectivity index (χ4v) is 5.78. The van der Waals surface area contributed by atoms with E-state index in [1.54, 1.807) is 22.6 Å². The van der Waals surface area contributed by atoms with Crippen LogP contribution in [0.5, 0.6) is 0 Å². The molecule has 1 N–H and O–H groups in total. The Labute approximate surface area is 172 Å². The molecule has 0 saturated carbocycles. The topological polar surface area (TPSA) is 91.6 Å². The van der Waals surface area contributed by atoms with Gasteiger partial charge >= 0.3 is 0 Å². The highest BCUT2D eigenvalue weighted by atomic mass is 32.2. The van der Waals surface area contributed by atoms with E-state index in [1.807, 2.05) is 17.8 Å². The molecule has 2 aliphatic rings. The number of aliphatic hydroxyl groups is 1. The third-order valence-electron chi connectivity index (χ3n) is 6.02. The van der Waals surface area contributed by atoms with E-state index < -0.39 is 16.1 Å². The number of piperidine rings is 2. The molecule has 2 saturated heterocycles. The predicted molar refractivity (Wildman–Crippen MR) is 110 cm³/mol. The second-order valence-electron chi connectivity index (χ2n) is 8.01. The molecule has 2 aromatic rings. The third-order valence-corrected chi connectivity index (χ3v) is 7.91. The molecule has 2 aromatic heterocycles. The van der Waals surface area contributed by atoms with Gasteiger partial charge in [0.25, 0.3) is 0 Å². The van der Waals surface area contributed by atoms with Crippen LogP contribution < -0.4 is 4.90 Å². The van der Waals surface area contributed by atoms with E-state index in [-0.39, 0.29) is 10.8 Å². The van der Waals surface area contributed by atoms with Crippen molar-refractivity contribution in [2.75, 3.05) is 31.1 Å². The van der Waals surface area contributed by atoms with Crippen molar-refractivity contribution in [3.05, 3.63) is 36.5 Å². The first-order valence-corrected chi connectivity index (χ1v) is 11.8. The average Bonchev–Trinajstić information content (AvgIpc) is 3.20. The lowest BCUT2D eigenvalue weighted by molar-refractivity contribution is 0.0874. The zero-order valence-electron chi connectivity index (χ0n) is 16.8. The maximum absolute atomic E-state index is 12.8. The first-order chi connectivity index (χ1) is 14.0. The van der Waals surface area contributed by atoms with Gasteiger partial charge in [-0.25, -0.2) is 18.4 Å². The van der Waals surface area contributed by atoms with Crippen LogP contribution in [-0.2, 0) is 17.1 Å². The third kappa shape index (κ3) is 4.17. The van der Waals surface area contributed by atoms with Crippen LogP contribution >= 0.6 is 0 Å². The standard InChI is InChI=1S/C20H29N5O3S/c1-23-13-9-21-20(23)19(26)16-6-5-10-24(15-16)18-8-7-17(14-22-18)29(27,28)25-11-3-2-4-12-25/h7-9,13-14,16,19,26H,2-6,10-12,15H2,1H3. The minimum atomic E-state index is -3.47. The monoisotopic (exact) mass is 419 g/mol. The summed E-state index contributed by atoms with van der Waals surface area (Å²) in [5.74, 6) is 1.48. The van der Waals surface area contributed by atoms with Gasteiger partial charge in [-0.05, 0) is 37.8 Å². The number of nitrogens with zero attached hydrogens (tertiary/aromatic N) is 5. The number of aryl methyl sites for hydroxylation is 1. The number of hydrogen-bond acceptors (Lipinski definition) is 6. The zero-order chi connectivity index (χ0) is 20.4. The lowest BCUT2D eigenvalue weighted by Gasteiger charge is -2.35. The first kappa shape index (κ1) is 20.3. The summed E-state index contributed by atoms with van der Waals surface area (Å²) in [5, 5.41) is 10.8. The Morgan fingerprint density at radius 3 is 2.55 bits per heavy atom. The summed E-state index contributed by atoms with van der Waals surface area (Å²) in [6.45, 7) is 2.68. The van der Waals surface area contributed by atoms with Gasteiger partial charge in [0.2, 0.25) is 10.0 Å². The number of imidazole rings is 1. The summed E-state index contributed by atoms with van der Waals surface area (Å²) in [5.41, 5.74) is 0. The molecule has 0 radical (unpaired) electrons. The van der Waals surface area contributed by atoms with Crippen molar-refractivity contribution in [1.82, 2.24) is 18.8 Å². The highest BCUT2D eigenvalue weighted by Crippen LogP contribution is 2.31. The van der Waals surface area contributed by atoms with Crippen LogP contribution in [0, 0.1) is 5.92 Å². The van der Waals surface area contributed by atoms with Gasteiger partial charge in [-0.15, -0.1) is 0 Å². The number of aromatic nitrogens is 3. The average molecular weight is 420 g/mol. The number of anilines is 1. The molecule has 0 bridgehead atoms. The van der Waals surface area contributed by atoms with Crippen molar-refractivity contribution in [3.63, 3.8) is 0 Å². The highest BCUT2D eigenvalue weighted by Gasteiger charge is 2.30. The second-order valence-corrected chi connectivity index (χ2v) is 9.94. The molecule has 4 heterocycles. The molecule has 0 amide bonds. The Bertz CT molecular complexity index is 922. The van der Waals surface area contributed by atoms with Crippen molar-refractivity contribution in [2.45, 2.75) is 43.1 Å². The summed E-state index contributed by atoms with van der Waals surface area (Å²) in [4.78, 5) is 11.1. The maximum Gasteiger partial charge on any atom is 0.244 e. The Morgan fingerprint density at radius 1 is 1.10 bits per heavy atom. The van der Waals surface area contributed by atoms with Gasteiger partial charge < -0.3 is 14.6 Å². The summed E-state index contributed by atoms with van der Waals surface area (Å²) in [7, 11) is -1.58. The number of pyridine rings is 1. The minimum Gasteiger partial charge on any atom is -0.385 e. The van der Waals surface area contributed by atoms with Gasteiger partial charge in [0, 0.05) is 57.7 Å². The molecule has 2 unspecified atom stereocenters. The normalized spacial score (nSPS) is 22.6. The van der Waals surface area contributed by atoms with Crippen LogP contribution in [0.1, 0.15) is 44.0 Å². The number of rotatable bonds is 5. The van der Waals surface area contributed by atoms with Crippen molar-refractivity contribution < 1.29 is 13.5 Å². The van der Waals surface area contributed by atoms with E-state index in [0.717, 1.165) is 44.5 Å². The van der Waals surface area contributed by atoms with Crippen molar-refractivity contribution in [1.29, 1.82) is 0 Å². The van der Waals surface area contributed by atoms with Gasteiger partial charge in [-0.2, -0.15) is 4.31 Å². The van der Waals surface area contributed by atoms with Crippen molar-refractivity contribution in [2.24, 2.45) is 13.0 Å². The summed E-state index contributed by atoms with van der Waals surface area (Å²) in [6.07, 6.45) is 9.16. The first-order valence-electron chi connectivity index (χ1n) is 10.3. The SMILES string of the molecule is Cn1ccnc1C(O)C1CCCN(c2ccc(S(=O)(=O)N3CCCCC3)cn2)C1. The molecule has 2 atom stereocenters.